The molecule has 2 N–H and O–H groups in total. The average Bonchev–Trinajstić information content (AvgIpc) is 2.86. The largest absolute Gasteiger partial charge is 0.389 e. The van der Waals surface area contributed by atoms with E-state index < -0.39 is 6.10 Å². The Bertz CT molecular complexity index is 232. The predicted molar refractivity (Wildman–Crippen MR) is 81.8 cm³/mol. The minimum absolute atomic E-state index is 0.237. The van der Waals surface area contributed by atoms with Crippen molar-refractivity contribution in [2.75, 3.05) is 32.9 Å². The summed E-state index contributed by atoms with van der Waals surface area (Å²) < 4.78 is 11.0. The van der Waals surface area contributed by atoms with E-state index in [0.717, 1.165) is 26.0 Å². The zero-order valence-corrected chi connectivity index (χ0v) is 13.6. The van der Waals surface area contributed by atoms with Crippen LogP contribution < -0.4 is 5.32 Å². The van der Waals surface area contributed by atoms with Crippen LogP contribution in [-0.4, -0.2) is 50.2 Å². The molecule has 1 rings (SSSR count). The topological polar surface area (TPSA) is 50.7 Å². The maximum Gasteiger partial charge on any atom is 0.0897 e. The van der Waals surface area contributed by atoms with Crippen molar-refractivity contribution in [2.24, 2.45) is 17.8 Å². The number of hydrogen-bond donors (Lipinski definition) is 2. The molecule has 1 aliphatic heterocycles. The quantitative estimate of drug-likeness (QED) is 0.646. The molecule has 0 saturated carbocycles. The number of nitrogens with one attached hydrogen (secondary N) is 1. The van der Waals surface area contributed by atoms with Crippen LogP contribution in [0.1, 0.15) is 40.5 Å². The molecule has 2 atom stereocenters. The number of hydrogen-bond acceptors (Lipinski definition) is 4. The standard InChI is InChI=1S/C16H33NO3/c1-12(2)16(13(3)4)9-17-8-14(18)10-19-11-15-6-5-7-20-15/h12-18H,5-11H2,1-4H3. The van der Waals surface area contributed by atoms with Gasteiger partial charge in [-0.15, -0.1) is 0 Å². The molecule has 2 unspecified atom stereocenters. The van der Waals surface area contributed by atoms with Gasteiger partial charge in [0.05, 0.1) is 25.4 Å². The highest BCUT2D eigenvalue weighted by atomic mass is 16.5. The summed E-state index contributed by atoms with van der Waals surface area (Å²) in [6, 6.07) is 0. The lowest BCUT2D eigenvalue weighted by molar-refractivity contribution is -0.0167. The Morgan fingerprint density at radius 2 is 1.90 bits per heavy atom. The predicted octanol–water partition coefficient (Wildman–Crippen LogP) is 2.06. The van der Waals surface area contributed by atoms with E-state index >= 15 is 0 Å². The monoisotopic (exact) mass is 287 g/mol. The summed E-state index contributed by atoms with van der Waals surface area (Å²) in [6.45, 7) is 12.4. The van der Waals surface area contributed by atoms with Crippen molar-refractivity contribution in [2.45, 2.75) is 52.7 Å². The van der Waals surface area contributed by atoms with E-state index in [9.17, 15) is 5.11 Å². The third-order valence-electron chi connectivity index (χ3n) is 4.11. The van der Waals surface area contributed by atoms with Crippen LogP contribution in [0.2, 0.25) is 0 Å². The fraction of sp³-hybridized carbons (Fsp3) is 1.00. The highest BCUT2D eigenvalue weighted by Gasteiger charge is 2.18. The summed E-state index contributed by atoms with van der Waals surface area (Å²) >= 11 is 0. The molecule has 0 spiro atoms. The minimum atomic E-state index is -0.434. The van der Waals surface area contributed by atoms with Crippen molar-refractivity contribution in [3.8, 4) is 0 Å². The summed E-state index contributed by atoms with van der Waals surface area (Å²) in [5.74, 6) is 1.97. The first-order valence-electron chi connectivity index (χ1n) is 8.08. The number of ether oxygens (including phenoxy) is 2. The van der Waals surface area contributed by atoms with Gasteiger partial charge in [0.2, 0.25) is 0 Å². The molecule has 1 heterocycles. The minimum Gasteiger partial charge on any atom is -0.389 e. The molecule has 0 amide bonds. The Balaban J connectivity index is 2.05. The third-order valence-corrected chi connectivity index (χ3v) is 4.11. The molecule has 1 saturated heterocycles. The van der Waals surface area contributed by atoms with Crippen LogP contribution in [0.4, 0.5) is 0 Å². The summed E-state index contributed by atoms with van der Waals surface area (Å²) in [7, 11) is 0. The van der Waals surface area contributed by atoms with Gasteiger partial charge >= 0.3 is 0 Å². The van der Waals surface area contributed by atoms with Crippen molar-refractivity contribution in [1.29, 1.82) is 0 Å². The lowest BCUT2D eigenvalue weighted by Crippen LogP contribution is -2.36. The third kappa shape index (κ3) is 7.02. The van der Waals surface area contributed by atoms with Crippen LogP contribution in [0.3, 0.4) is 0 Å². The zero-order chi connectivity index (χ0) is 15.0. The second-order valence-corrected chi connectivity index (χ2v) is 6.64. The van der Waals surface area contributed by atoms with E-state index in [2.05, 4.69) is 33.0 Å². The molecule has 120 valence electrons. The van der Waals surface area contributed by atoms with Crippen molar-refractivity contribution in [3.05, 3.63) is 0 Å². The van der Waals surface area contributed by atoms with E-state index in [4.69, 9.17) is 9.47 Å². The van der Waals surface area contributed by atoms with Crippen LogP contribution >= 0.6 is 0 Å². The van der Waals surface area contributed by atoms with E-state index in [-0.39, 0.29) is 6.10 Å². The first-order chi connectivity index (χ1) is 9.50. The maximum absolute atomic E-state index is 9.88. The zero-order valence-electron chi connectivity index (χ0n) is 13.6. The van der Waals surface area contributed by atoms with Crippen LogP contribution in [0.5, 0.6) is 0 Å². The van der Waals surface area contributed by atoms with E-state index in [1.807, 2.05) is 0 Å². The Morgan fingerprint density at radius 3 is 2.45 bits per heavy atom. The van der Waals surface area contributed by atoms with Gasteiger partial charge in [-0.3, -0.25) is 0 Å². The van der Waals surface area contributed by atoms with Crippen LogP contribution in [0.25, 0.3) is 0 Å². The molecule has 0 aliphatic carbocycles. The molecule has 4 nitrogen and oxygen atoms in total. The molecular weight excluding hydrogens is 254 g/mol. The Hall–Kier alpha value is -0.160. The molecule has 20 heavy (non-hydrogen) atoms. The molecule has 0 aromatic heterocycles. The van der Waals surface area contributed by atoms with E-state index in [0.29, 0.717) is 37.5 Å². The summed E-state index contributed by atoms with van der Waals surface area (Å²) in [4.78, 5) is 0. The van der Waals surface area contributed by atoms with Crippen LogP contribution in [0.15, 0.2) is 0 Å². The van der Waals surface area contributed by atoms with Gasteiger partial charge in [-0.1, -0.05) is 27.7 Å². The molecule has 0 radical (unpaired) electrons. The Kier molecular flexibility index (Phi) is 8.69. The van der Waals surface area contributed by atoms with Gasteiger partial charge in [-0.2, -0.15) is 0 Å². The smallest absolute Gasteiger partial charge is 0.0897 e. The first kappa shape index (κ1) is 17.9. The van der Waals surface area contributed by atoms with Crippen molar-refractivity contribution in [3.63, 3.8) is 0 Å². The van der Waals surface area contributed by atoms with Gasteiger partial charge in [-0.05, 0) is 37.1 Å². The molecule has 0 bridgehead atoms. The SMILES string of the molecule is CC(C)C(CNCC(O)COCC1CCCO1)C(C)C. The average molecular weight is 287 g/mol. The van der Waals surface area contributed by atoms with Gasteiger partial charge in [0.1, 0.15) is 0 Å². The molecule has 0 aromatic carbocycles. The lowest BCUT2D eigenvalue weighted by atomic mass is 9.85. The summed E-state index contributed by atoms with van der Waals surface area (Å²) in [5.41, 5.74) is 0. The number of rotatable bonds is 10. The van der Waals surface area contributed by atoms with E-state index in [1.54, 1.807) is 0 Å². The van der Waals surface area contributed by atoms with Crippen LogP contribution in [0, 0.1) is 17.8 Å². The summed E-state index contributed by atoms with van der Waals surface area (Å²) in [6.07, 6.45) is 2.01. The van der Waals surface area contributed by atoms with Gasteiger partial charge in [0, 0.05) is 13.2 Å². The van der Waals surface area contributed by atoms with Crippen molar-refractivity contribution < 1.29 is 14.6 Å². The summed E-state index contributed by atoms with van der Waals surface area (Å²) in [5, 5.41) is 13.3. The normalized spacial score (nSPS) is 21.3. The molecule has 1 fully saturated rings. The van der Waals surface area contributed by atoms with Crippen molar-refractivity contribution >= 4 is 0 Å². The highest BCUT2D eigenvalue weighted by Crippen LogP contribution is 2.19. The van der Waals surface area contributed by atoms with Gasteiger partial charge in [0.25, 0.3) is 0 Å². The first-order valence-corrected chi connectivity index (χ1v) is 8.08. The second-order valence-electron chi connectivity index (χ2n) is 6.64. The molecule has 4 heteroatoms. The number of aliphatic hydroxyl groups excluding tert-OH is 1. The van der Waals surface area contributed by atoms with Crippen molar-refractivity contribution in [1.82, 2.24) is 5.32 Å². The fourth-order valence-electron chi connectivity index (χ4n) is 2.83. The molecule has 1 aliphatic rings. The molecular formula is C16H33NO3. The maximum atomic E-state index is 9.88. The fourth-order valence-corrected chi connectivity index (χ4v) is 2.83. The van der Waals surface area contributed by atoms with Crippen LogP contribution in [-0.2, 0) is 9.47 Å². The number of aliphatic hydroxyl groups is 1. The second kappa shape index (κ2) is 9.72. The van der Waals surface area contributed by atoms with Gasteiger partial charge in [-0.25, -0.2) is 0 Å². The lowest BCUT2D eigenvalue weighted by Gasteiger charge is -2.25. The highest BCUT2D eigenvalue weighted by molar-refractivity contribution is 4.71. The van der Waals surface area contributed by atoms with E-state index in [1.165, 1.54) is 0 Å². The molecule has 0 aromatic rings. The Labute approximate surface area is 124 Å². The van der Waals surface area contributed by atoms with Gasteiger partial charge in [0.15, 0.2) is 0 Å². The van der Waals surface area contributed by atoms with Gasteiger partial charge < -0.3 is 19.9 Å². The Morgan fingerprint density at radius 1 is 1.20 bits per heavy atom.